The second kappa shape index (κ2) is 10.1. The molecular weight excluding hydrogens is 477 g/mol. The molecule has 4 heterocycles. The molecule has 2 aliphatic rings. The lowest BCUT2D eigenvalue weighted by Gasteiger charge is -2.46. The molecule has 0 bridgehead atoms. The first-order chi connectivity index (χ1) is 18.1. The van der Waals surface area contributed by atoms with Crippen LogP contribution in [0.25, 0.3) is 33.6 Å². The quantitative estimate of drug-likeness (QED) is 0.359. The van der Waals surface area contributed by atoms with Crippen molar-refractivity contribution in [1.82, 2.24) is 20.3 Å². The molecule has 37 heavy (non-hydrogen) atoms. The Balaban J connectivity index is 1.17. The molecule has 9 nitrogen and oxygen atoms in total. The van der Waals surface area contributed by atoms with Crippen LogP contribution in [-0.4, -0.2) is 85.5 Å². The predicted octanol–water partition coefficient (Wildman–Crippen LogP) is 3.96. The summed E-state index contributed by atoms with van der Waals surface area (Å²) in [5.41, 5.74) is 3.97. The molecule has 0 unspecified atom stereocenters. The van der Waals surface area contributed by atoms with Gasteiger partial charge in [0.1, 0.15) is 18.0 Å². The summed E-state index contributed by atoms with van der Waals surface area (Å²) in [6.45, 7) is 7.70. The van der Waals surface area contributed by atoms with Crippen LogP contribution in [0, 0.1) is 5.82 Å². The summed E-state index contributed by atoms with van der Waals surface area (Å²) < 4.78 is 36.0. The van der Waals surface area contributed by atoms with Crippen molar-refractivity contribution in [3.05, 3.63) is 48.3 Å². The van der Waals surface area contributed by atoms with E-state index < -0.39 is 5.82 Å². The minimum Gasteiger partial charge on any atom is -0.488 e. The maximum Gasteiger partial charge on any atom is 0.188 e. The molecule has 2 aromatic heterocycles. The fraction of sp³-hybridized carbons (Fsp3) is 0.407. The number of aromatic nitrogens is 3. The number of fused-ring (bicyclic) bond motifs is 1. The molecule has 2 fully saturated rings. The molecule has 0 amide bonds. The summed E-state index contributed by atoms with van der Waals surface area (Å²) in [7, 11) is 1.57. The number of rotatable bonds is 8. The molecule has 10 heteroatoms. The lowest BCUT2D eigenvalue weighted by molar-refractivity contribution is -0.0691. The van der Waals surface area contributed by atoms with Gasteiger partial charge in [0.15, 0.2) is 17.3 Å². The van der Waals surface area contributed by atoms with Gasteiger partial charge in [0.25, 0.3) is 0 Å². The van der Waals surface area contributed by atoms with E-state index in [9.17, 15) is 4.39 Å². The predicted molar refractivity (Wildman–Crippen MR) is 137 cm³/mol. The van der Waals surface area contributed by atoms with E-state index in [1.807, 2.05) is 6.07 Å². The van der Waals surface area contributed by atoms with E-state index in [0.717, 1.165) is 38.4 Å². The number of nitrogens with one attached hydrogen (secondary N) is 1. The third-order valence-electron chi connectivity index (χ3n) is 7.19. The van der Waals surface area contributed by atoms with Crippen molar-refractivity contribution in [3.8, 4) is 28.5 Å². The van der Waals surface area contributed by atoms with Crippen molar-refractivity contribution in [2.75, 3.05) is 58.1 Å². The van der Waals surface area contributed by atoms with Gasteiger partial charge in [0.2, 0.25) is 0 Å². The maximum absolute atomic E-state index is 14.6. The zero-order valence-corrected chi connectivity index (χ0v) is 20.9. The summed E-state index contributed by atoms with van der Waals surface area (Å²) in [5.74, 6) is 0.131. The van der Waals surface area contributed by atoms with E-state index in [2.05, 4.69) is 56.3 Å². The summed E-state index contributed by atoms with van der Waals surface area (Å²) >= 11 is 0. The molecule has 1 atom stereocenters. The van der Waals surface area contributed by atoms with Crippen molar-refractivity contribution in [2.24, 2.45) is 0 Å². The molecular formula is C27H30FN5O4. The van der Waals surface area contributed by atoms with Gasteiger partial charge < -0.3 is 23.6 Å². The molecule has 0 spiro atoms. The highest BCUT2D eigenvalue weighted by molar-refractivity contribution is 5.93. The lowest BCUT2D eigenvalue weighted by Crippen LogP contribution is -2.59. The van der Waals surface area contributed by atoms with Crippen LogP contribution in [0.15, 0.2) is 47.0 Å². The molecule has 0 aliphatic carbocycles. The monoisotopic (exact) mass is 507 g/mol. The van der Waals surface area contributed by atoms with Gasteiger partial charge in [0, 0.05) is 61.6 Å². The zero-order valence-electron chi connectivity index (χ0n) is 20.9. The van der Waals surface area contributed by atoms with Crippen LogP contribution in [0.3, 0.4) is 0 Å². The highest BCUT2D eigenvalue weighted by Crippen LogP contribution is 2.33. The average molecular weight is 508 g/mol. The molecule has 2 aliphatic heterocycles. The van der Waals surface area contributed by atoms with Crippen molar-refractivity contribution in [3.63, 3.8) is 0 Å². The lowest BCUT2D eigenvalue weighted by atomic mass is 10.1. The smallest absolute Gasteiger partial charge is 0.188 e. The minimum atomic E-state index is -0.474. The molecule has 2 saturated heterocycles. The Kier molecular flexibility index (Phi) is 6.54. The summed E-state index contributed by atoms with van der Waals surface area (Å²) in [5, 5.41) is 12.1. The van der Waals surface area contributed by atoms with Crippen LogP contribution in [0.5, 0.6) is 5.75 Å². The summed E-state index contributed by atoms with van der Waals surface area (Å²) in [6, 6.07) is 14.2. The first-order valence-electron chi connectivity index (χ1n) is 12.6. The van der Waals surface area contributed by atoms with E-state index in [-0.39, 0.29) is 12.4 Å². The number of hydrogen-bond acceptors (Lipinski definition) is 8. The zero-order chi connectivity index (χ0) is 25.4. The average Bonchev–Trinajstić information content (AvgIpc) is 3.51. The van der Waals surface area contributed by atoms with Gasteiger partial charge in [-0.3, -0.25) is 10.00 Å². The van der Waals surface area contributed by atoms with Crippen LogP contribution in [0.4, 0.5) is 10.1 Å². The van der Waals surface area contributed by atoms with Crippen LogP contribution >= 0.6 is 0 Å². The van der Waals surface area contributed by atoms with Gasteiger partial charge in [-0.15, -0.1) is 0 Å². The van der Waals surface area contributed by atoms with E-state index in [0.29, 0.717) is 46.7 Å². The SMILES string of the molecule is COCCOc1cc2[nH]nc(-c3cc(-c4ccc(N5CCN(C6COC6)C[C@@H]5C)cc4)no3)c2cc1F. The second-order valence-electron chi connectivity index (χ2n) is 9.59. The van der Waals surface area contributed by atoms with Crippen LogP contribution in [0.2, 0.25) is 0 Å². The van der Waals surface area contributed by atoms with Gasteiger partial charge in [0.05, 0.1) is 31.4 Å². The van der Waals surface area contributed by atoms with E-state index in [4.69, 9.17) is 18.7 Å². The van der Waals surface area contributed by atoms with Crippen molar-refractivity contribution in [2.45, 2.75) is 19.0 Å². The van der Waals surface area contributed by atoms with Crippen LogP contribution in [0.1, 0.15) is 6.92 Å². The van der Waals surface area contributed by atoms with E-state index in [1.165, 1.54) is 11.8 Å². The van der Waals surface area contributed by atoms with Gasteiger partial charge in [-0.1, -0.05) is 17.3 Å². The highest BCUT2D eigenvalue weighted by Gasteiger charge is 2.32. The molecule has 194 valence electrons. The third kappa shape index (κ3) is 4.68. The molecule has 4 aromatic rings. The number of H-pyrrole nitrogens is 1. The number of hydrogen-bond donors (Lipinski definition) is 1. The number of benzene rings is 2. The van der Waals surface area contributed by atoms with Gasteiger partial charge in [-0.25, -0.2) is 4.39 Å². The van der Waals surface area contributed by atoms with Crippen molar-refractivity contribution in [1.29, 1.82) is 0 Å². The first-order valence-corrected chi connectivity index (χ1v) is 12.6. The number of aromatic amines is 1. The summed E-state index contributed by atoms with van der Waals surface area (Å²) in [4.78, 5) is 4.99. The summed E-state index contributed by atoms with van der Waals surface area (Å²) in [6.07, 6.45) is 0. The van der Waals surface area contributed by atoms with Crippen LogP contribution in [-0.2, 0) is 9.47 Å². The Labute approximate surface area is 214 Å². The minimum absolute atomic E-state index is 0.144. The molecule has 2 aromatic carbocycles. The molecule has 6 rings (SSSR count). The van der Waals surface area contributed by atoms with Gasteiger partial charge in [-0.2, -0.15) is 5.10 Å². The molecule has 0 saturated carbocycles. The standard InChI is InChI=1S/C27H30FN5O4/c1-17-14-32(20-15-35-16-20)7-8-33(17)19-5-3-18(4-6-19)23-12-26(37-31-23)27-21-11-22(28)25(36-10-9-34-2)13-24(21)29-30-27/h3-6,11-13,17,20H,7-10,14-16H2,1-2H3,(H,29,30)/t17-/m0/s1. The largest absolute Gasteiger partial charge is 0.488 e. The van der Waals surface area contributed by atoms with Gasteiger partial charge >= 0.3 is 0 Å². The Hall–Kier alpha value is -3.47. The fourth-order valence-corrected chi connectivity index (χ4v) is 5.03. The fourth-order valence-electron chi connectivity index (χ4n) is 5.03. The van der Waals surface area contributed by atoms with E-state index in [1.54, 1.807) is 13.2 Å². The topological polar surface area (TPSA) is 88.9 Å². The van der Waals surface area contributed by atoms with Crippen molar-refractivity contribution < 1.29 is 23.1 Å². The maximum atomic E-state index is 14.6. The van der Waals surface area contributed by atoms with E-state index >= 15 is 0 Å². The number of anilines is 1. The Bertz CT molecular complexity index is 1370. The molecule has 1 N–H and O–H groups in total. The first kappa shape index (κ1) is 23.9. The Morgan fingerprint density at radius 2 is 1.95 bits per heavy atom. The third-order valence-corrected chi connectivity index (χ3v) is 7.19. The number of nitrogens with zero attached hydrogens (tertiary/aromatic N) is 4. The van der Waals surface area contributed by atoms with Crippen LogP contribution < -0.4 is 9.64 Å². The van der Waals surface area contributed by atoms with Gasteiger partial charge in [-0.05, 0) is 25.1 Å². The Morgan fingerprint density at radius 1 is 1.11 bits per heavy atom. The highest BCUT2D eigenvalue weighted by atomic mass is 19.1. The number of ether oxygens (including phenoxy) is 3. The Morgan fingerprint density at radius 3 is 2.68 bits per heavy atom. The van der Waals surface area contributed by atoms with Crippen molar-refractivity contribution >= 4 is 16.6 Å². The number of halogens is 1. The molecule has 0 radical (unpaired) electrons. The number of piperazine rings is 1. The number of methoxy groups -OCH3 is 1. The normalized spacial score (nSPS) is 18.9. The second-order valence-corrected chi connectivity index (χ2v) is 9.59.